The average molecular weight is 318 g/mol. The highest BCUT2D eigenvalue weighted by atomic mass is 32.1. The topological polar surface area (TPSA) is 72.2 Å². The lowest BCUT2D eigenvalue weighted by Gasteiger charge is -2.08. The zero-order chi connectivity index (χ0) is 15.5. The number of benzene rings is 1. The number of hydrogen-bond donors (Lipinski definition) is 1. The molecular formula is C12H9F3N2O3S. The summed E-state index contributed by atoms with van der Waals surface area (Å²) in [6.45, 7) is -0.481. The van der Waals surface area contributed by atoms with Crippen LogP contribution in [0.25, 0.3) is 11.5 Å². The van der Waals surface area contributed by atoms with Crippen LogP contribution in [-0.4, -0.2) is 23.0 Å². The highest BCUT2D eigenvalue weighted by molar-refractivity contribution is 7.02. The predicted molar refractivity (Wildman–Crippen MR) is 69.1 cm³/mol. The van der Waals surface area contributed by atoms with E-state index in [1.807, 2.05) is 0 Å². The van der Waals surface area contributed by atoms with Gasteiger partial charge in [-0.3, -0.25) is 4.79 Å². The van der Waals surface area contributed by atoms with Crippen molar-refractivity contribution in [1.82, 2.24) is 9.69 Å². The Morgan fingerprint density at radius 1 is 1.29 bits per heavy atom. The third kappa shape index (κ3) is 4.42. The summed E-state index contributed by atoms with van der Waals surface area (Å²) in [4.78, 5) is 21.9. The lowest BCUT2D eigenvalue weighted by atomic mass is 10.1. The van der Waals surface area contributed by atoms with Crippen LogP contribution in [0.1, 0.15) is 16.8 Å². The van der Waals surface area contributed by atoms with E-state index < -0.39 is 30.0 Å². The third-order valence-corrected chi connectivity index (χ3v) is 2.96. The van der Waals surface area contributed by atoms with Crippen molar-refractivity contribution in [3.8, 4) is 11.5 Å². The largest absolute Gasteiger partial charge is 0.414 e. The number of aromatic nitrogens is 1. The molecule has 112 valence electrons. The van der Waals surface area contributed by atoms with Gasteiger partial charge in [-0.2, -0.15) is 13.2 Å². The van der Waals surface area contributed by atoms with Crippen molar-refractivity contribution in [3.05, 3.63) is 39.6 Å². The Morgan fingerprint density at radius 3 is 2.48 bits per heavy atom. The van der Waals surface area contributed by atoms with Crippen LogP contribution in [0, 0.1) is 0 Å². The highest BCUT2D eigenvalue weighted by Crippen LogP contribution is 2.19. The second-order valence-electron chi connectivity index (χ2n) is 4.04. The van der Waals surface area contributed by atoms with Gasteiger partial charge >= 0.3 is 11.1 Å². The Morgan fingerprint density at radius 2 is 1.95 bits per heavy atom. The number of halogens is 3. The summed E-state index contributed by atoms with van der Waals surface area (Å²) in [5.41, 5.74) is 0.707. The molecule has 0 saturated carbocycles. The van der Waals surface area contributed by atoms with E-state index in [2.05, 4.69) is 9.69 Å². The molecule has 1 aromatic carbocycles. The SMILES string of the molecule is O=C(NCCC(F)(F)F)c1ccc(-c2nsc(=O)o2)cc1. The number of rotatable bonds is 4. The van der Waals surface area contributed by atoms with E-state index in [9.17, 15) is 22.8 Å². The number of nitrogens with one attached hydrogen (secondary N) is 1. The van der Waals surface area contributed by atoms with E-state index in [1.54, 1.807) is 0 Å². The molecule has 0 radical (unpaired) electrons. The molecule has 0 bridgehead atoms. The van der Waals surface area contributed by atoms with Crippen molar-refractivity contribution in [2.45, 2.75) is 12.6 Å². The molecule has 21 heavy (non-hydrogen) atoms. The zero-order valence-electron chi connectivity index (χ0n) is 10.4. The van der Waals surface area contributed by atoms with Crippen LogP contribution in [0.15, 0.2) is 33.5 Å². The van der Waals surface area contributed by atoms with E-state index >= 15 is 0 Å². The van der Waals surface area contributed by atoms with Gasteiger partial charge in [-0.1, -0.05) is 0 Å². The van der Waals surface area contributed by atoms with Gasteiger partial charge in [-0.05, 0) is 24.3 Å². The molecule has 1 heterocycles. The number of amides is 1. The van der Waals surface area contributed by atoms with Gasteiger partial charge < -0.3 is 9.73 Å². The number of nitrogens with zero attached hydrogens (tertiary/aromatic N) is 1. The summed E-state index contributed by atoms with van der Waals surface area (Å²) in [6, 6.07) is 5.82. The van der Waals surface area contributed by atoms with Crippen molar-refractivity contribution >= 4 is 17.4 Å². The number of carbonyl (C=O) groups excluding carboxylic acids is 1. The second kappa shape index (κ2) is 6.08. The van der Waals surface area contributed by atoms with E-state index in [0.29, 0.717) is 17.1 Å². The quantitative estimate of drug-likeness (QED) is 0.940. The summed E-state index contributed by atoms with van der Waals surface area (Å²) < 4.78 is 44.4. The fraction of sp³-hybridized carbons (Fsp3) is 0.250. The van der Waals surface area contributed by atoms with Crippen LogP contribution in [-0.2, 0) is 0 Å². The van der Waals surface area contributed by atoms with Crippen molar-refractivity contribution in [2.75, 3.05) is 6.54 Å². The van der Waals surface area contributed by atoms with Crippen LogP contribution in [0.3, 0.4) is 0 Å². The Kier molecular flexibility index (Phi) is 4.41. The Labute approximate surface area is 120 Å². The van der Waals surface area contributed by atoms with Crippen molar-refractivity contribution in [1.29, 1.82) is 0 Å². The molecule has 0 saturated heterocycles. The van der Waals surface area contributed by atoms with Gasteiger partial charge in [0.1, 0.15) is 0 Å². The van der Waals surface area contributed by atoms with Crippen LogP contribution in [0.2, 0.25) is 0 Å². The third-order valence-electron chi connectivity index (χ3n) is 2.47. The first kappa shape index (κ1) is 15.2. The lowest BCUT2D eigenvalue weighted by Crippen LogP contribution is -2.27. The number of alkyl halides is 3. The van der Waals surface area contributed by atoms with Gasteiger partial charge in [0.25, 0.3) is 5.91 Å². The van der Waals surface area contributed by atoms with Crippen molar-refractivity contribution in [3.63, 3.8) is 0 Å². The van der Waals surface area contributed by atoms with Gasteiger partial charge in [0.05, 0.1) is 18.0 Å². The molecule has 9 heteroatoms. The average Bonchev–Trinajstić information content (AvgIpc) is 2.84. The summed E-state index contributed by atoms with van der Waals surface area (Å²) >= 11 is 0.665. The number of carbonyl (C=O) groups is 1. The van der Waals surface area contributed by atoms with E-state index in [0.717, 1.165) is 0 Å². The molecule has 0 fully saturated rings. The lowest BCUT2D eigenvalue weighted by molar-refractivity contribution is -0.132. The van der Waals surface area contributed by atoms with Gasteiger partial charge in [-0.25, -0.2) is 4.79 Å². The normalized spacial score (nSPS) is 11.4. The molecule has 2 aromatic rings. The molecule has 1 N–H and O–H groups in total. The zero-order valence-corrected chi connectivity index (χ0v) is 11.3. The standard InChI is InChI=1S/C12H9F3N2O3S/c13-12(14,15)5-6-16-9(18)7-1-3-8(4-2-7)10-17-21-11(19)20-10/h1-4H,5-6H2,(H,16,18). The molecule has 0 spiro atoms. The predicted octanol–water partition coefficient (Wildman–Crippen LogP) is 2.45. The molecule has 1 amide bonds. The Bertz CT molecular complexity index is 676. The Hall–Kier alpha value is -2.16. The molecular weight excluding hydrogens is 309 g/mol. The van der Waals surface area contributed by atoms with Crippen molar-refractivity contribution in [2.24, 2.45) is 0 Å². The smallest absolute Gasteiger partial charge is 0.394 e. The second-order valence-corrected chi connectivity index (χ2v) is 4.74. The van der Waals surface area contributed by atoms with E-state index in [1.165, 1.54) is 24.3 Å². The maximum absolute atomic E-state index is 12.0. The number of hydrogen-bond acceptors (Lipinski definition) is 5. The summed E-state index contributed by atoms with van der Waals surface area (Å²) in [6.07, 6.45) is -5.39. The maximum Gasteiger partial charge on any atom is 0.414 e. The molecule has 1 aromatic heterocycles. The molecule has 0 atom stereocenters. The van der Waals surface area contributed by atoms with Crippen LogP contribution in [0.5, 0.6) is 0 Å². The summed E-state index contributed by atoms with van der Waals surface area (Å²) in [7, 11) is 0. The monoisotopic (exact) mass is 318 g/mol. The van der Waals surface area contributed by atoms with E-state index in [-0.39, 0.29) is 11.5 Å². The molecule has 5 nitrogen and oxygen atoms in total. The first-order chi connectivity index (χ1) is 9.85. The fourth-order valence-electron chi connectivity index (χ4n) is 1.49. The Balaban J connectivity index is 1.98. The molecule has 0 aliphatic rings. The minimum atomic E-state index is -4.31. The highest BCUT2D eigenvalue weighted by Gasteiger charge is 2.26. The molecule has 0 unspecified atom stereocenters. The van der Waals surface area contributed by atoms with Crippen LogP contribution in [0.4, 0.5) is 13.2 Å². The van der Waals surface area contributed by atoms with Gasteiger partial charge in [0.15, 0.2) is 0 Å². The van der Waals surface area contributed by atoms with Gasteiger partial charge in [-0.15, -0.1) is 4.37 Å². The fourth-order valence-corrected chi connectivity index (χ4v) is 1.91. The summed E-state index contributed by atoms with van der Waals surface area (Å²) in [5, 5.41) is 2.17. The first-order valence-corrected chi connectivity index (χ1v) is 6.55. The van der Waals surface area contributed by atoms with Crippen LogP contribution >= 0.6 is 11.5 Å². The first-order valence-electron chi connectivity index (χ1n) is 5.77. The minimum Gasteiger partial charge on any atom is -0.394 e. The minimum absolute atomic E-state index is 0.133. The van der Waals surface area contributed by atoms with E-state index in [4.69, 9.17) is 4.42 Å². The van der Waals surface area contributed by atoms with Crippen LogP contribution < -0.4 is 10.3 Å². The van der Waals surface area contributed by atoms with Crippen molar-refractivity contribution < 1.29 is 22.4 Å². The van der Waals surface area contributed by atoms with Gasteiger partial charge in [0.2, 0.25) is 5.89 Å². The molecule has 0 aliphatic carbocycles. The van der Waals surface area contributed by atoms with Gasteiger partial charge in [0, 0.05) is 17.7 Å². The summed E-state index contributed by atoms with van der Waals surface area (Å²) in [5.74, 6) is -0.473. The molecule has 2 rings (SSSR count). The maximum atomic E-state index is 12.0. The molecule has 0 aliphatic heterocycles.